The van der Waals surface area contributed by atoms with Gasteiger partial charge in [0.25, 0.3) is 0 Å². The summed E-state index contributed by atoms with van der Waals surface area (Å²) < 4.78 is 0. The highest BCUT2D eigenvalue weighted by atomic mass is 16.3. The van der Waals surface area contributed by atoms with E-state index in [1.54, 1.807) is 0 Å². The third-order valence-electron chi connectivity index (χ3n) is 2.72. The highest BCUT2D eigenvalue weighted by molar-refractivity contribution is 5.76. The number of rotatable bonds is 6. The van der Waals surface area contributed by atoms with Crippen LogP contribution in [-0.2, 0) is 11.2 Å². The molecular formula is C14H21NO2. The molecule has 94 valence electrons. The first-order valence-corrected chi connectivity index (χ1v) is 6.05. The summed E-state index contributed by atoms with van der Waals surface area (Å²) in [5, 5.41) is 11.6. The molecule has 1 aromatic carbocycles. The van der Waals surface area contributed by atoms with Crippen molar-refractivity contribution >= 4 is 5.91 Å². The lowest BCUT2D eigenvalue weighted by Crippen LogP contribution is -2.29. The average Bonchev–Trinajstić information content (AvgIpc) is 2.35. The topological polar surface area (TPSA) is 49.3 Å². The highest BCUT2D eigenvalue weighted by Gasteiger charge is 2.04. The average molecular weight is 235 g/mol. The minimum atomic E-state index is 0.0471. The molecule has 0 bridgehead atoms. The van der Waals surface area contributed by atoms with Crippen LogP contribution < -0.4 is 5.32 Å². The Balaban J connectivity index is 2.26. The van der Waals surface area contributed by atoms with Gasteiger partial charge in [0.2, 0.25) is 5.91 Å². The Hall–Kier alpha value is -1.35. The van der Waals surface area contributed by atoms with Crippen molar-refractivity contribution in [3.63, 3.8) is 0 Å². The summed E-state index contributed by atoms with van der Waals surface area (Å²) >= 11 is 0. The normalized spacial score (nSPS) is 12.2. The van der Waals surface area contributed by atoms with Gasteiger partial charge in [-0.25, -0.2) is 0 Å². The Morgan fingerprint density at radius 3 is 2.59 bits per heavy atom. The Bertz CT molecular complexity index is 346. The SMILES string of the molecule is Cc1ccc(CCC(=O)NCC(C)CO)cc1. The Morgan fingerprint density at radius 2 is 2.00 bits per heavy atom. The van der Waals surface area contributed by atoms with Gasteiger partial charge in [0.1, 0.15) is 0 Å². The second-order valence-corrected chi connectivity index (χ2v) is 4.58. The number of carbonyl (C=O) groups excluding carboxylic acids is 1. The summed E-state index contributed by atoms with van der Waals surface area (Å²) in [6.45, 7) is 4.61. The second-order valence-electron chi connectivity index (χ2n) is 4.58. The number of benzene rings is 1. The quantitative estimate of drug-likeness (QED) is 0.788. The van der Waals surface area contributed by atoms with Crippen LogP contribution in [0.1, 0.15) is 24.5 Å². The lowest BCUT2D eigenvalue weighted by atomic mass is 10.1. The van der Waals surface area contributed by atoms with Crippen molar-refractivity contribution in [1.29, 1.82) is 0 Å². The standard InChI is InChI=1S/C14H21NO2/c1-11-3-5-13(6-4-11)7-8-14(17)15-9-12(2)10-16/h3-6,12,16H,7-10H2,1-2H3,(H,15,17). The second kappa shape index (κ2) is 7.07. The fourth-order valence-corrected chi connectivity index (χ4v) is 1.45. The van der Waals surface area contributed by atoms with Crippen molar-refractivity contribution in [1.82, 2.24) is 5.32 Å². The van der Waals surface area contributed by atoms with E-state index in [2.05, 4.69) is 29.6 Å². The van der Waals surface area contributed by atoms with E-state index in [9.17, 15) is 4.79 Å². The summed E-state index contributed by atoms with van der Waals surface area (Å²) in [5.41, 5.74) is 2.41. The van der Waals surface area contributed by atoms with E-state index in [-0.39, 0.29) is 18.4 Å². The van der Waals surface area contributed by atoms with Crippen LogP contribution in [0.4, 0.5) is 0 Å². The maximum atomic E-state index is 11.5. The first kappa shape index (κ1) is 13.7. The third-order valence-corrected chi connectivity index (χ3v) is 2.72. The van der Waals surface area contributed by atoms with E-state index in [1.807, 2.05) is 13.8 Å². The maximum Gasteiger partial charge on any atom is 0.220 e. The van der Waals surface area contributed by atoms with Crippen LogP contribution in [0, 0.1) is 12.8 Å². The summed E-state index contributed by atoms with van der Waals surface area (Å²) in [4.78, 5) is 11.5. The van der Waals surface area contributed by atoms with Gasteiger partial charge >= 0.3 is 0 Å². The number of carbonyl (C=O) groups is 1. The summed E-state index contributed by atoms with van der Waals surface area (Å²) in [6, 6.07) is 8.22. The summed E-state index contributed by atoms with van der Waals surface area (Å²) in [7, 11) is 0. The molecule has 1 atom stereocenters. The van der Waals surface area contributed by atoms with Crippen molar-refractivity contribution in [2.75, 3.05) is 13.2 Å². The predicted octanol–water partition coefficient (Wildman–Crippen LogP) is 1.67. The molecule has 0 aliphatic carbocycles. The van der Waals surface area contributed by atoms with Crippen molar-refractivity contribution in [2.45, 2.75) is 26.7 Å². The fourth-order valence-electron chi connectivity index (χ4n) is 1.45. The molecule has 0 heterocycles. The Morgan fingerprint density at radius 1 is 1.35 bits per heavy atom. The largest absolute Gasteiger partial charge is 0.396 e. The number of aliphatic hydroxyl groups excluding tert-OH is 1. The van der Waals surface area contributed by atoms with Crippen LogP contribution in [0.5, 0.6) is 0 Å². The number of aliphatic hydroxyl groups is 1. The molecule has 1 amide bonds. The van der Waals surface area contributed by atoms with Gasteiger partial charge < -0.3 is 10.4 Å². The van der Waals surface area contributed by atoms with Gasteiger partial charge in [-0.2, -0.15) is 0 Å². The van der Waals surface area contributed by atoms with Crippen LogP contribution in [0.15, 0.2) is 24.3 Å². The van der Waals surface area contributed by atoms with E-state index in [4.69, 9.17) is 5.11 Å². The molecule has 0 saturated carbocycles. The summed E-state index contributed by atoms with van der Waals surface area (Å²) in [6.07, 6.45) is 1.26. The molecule has 3 heteroatoms. The van der Waals surface area contributed by atoms with Gasteiger partial charge in [0.15, 0.2) is 0 Å². The Kier molecular flexibility index (Phi) is 5.70. The minimum absolute atomic E-state index is 0.0471. The van der Waals surface area contributed by atoms with Crippen molar-refractivity contribution in [3.8, 4) is 0 Å². The van der Waals surface area contributed by atoms with Crippen molar-refractivity contribution in [3.05, 3.63) is 35.4 Å². The lowest BCUT2D eigenvalue weighted by Gasteiger charge is -2.09. The first-order chi connectivity index (χ1) is 8.11. The van der Waals surface area contributed by atoms with Crippen molar-refractivity contribution < 1.29 is 9.90 Å². The molecule has 1 aromatic rings. The molecule has 0 fully saturated rings. The van der Waals surface area contributed by atoms with Gasteiger partial charge in [-0.1, -0.05) is 36.8 Å². The number of hydrogen-bond donors (Lipinski definition) is 2. The molecule has 0 spiro atoms. The molecule has 1 unspecified atom stereocenters. The van der Waals surface area contributed by atoms with Crippen LogP contribution in [-0.4, -0.2) is 24.2 Å². The highest BCUT2D eigenvalue weighted by Crippen LogP contribution is 2.05. The zero-order chi connectivity index (χ0) is 12.7. The molecule has 0 aliphatic rings. The zero-order valence-electron chi connectivity index (χ0n) is 10.6. The summed E-state index contributed by atoms with van der Waals surface area (Å²) in [5.74, 6) is 0.171. The van der Waals surface area contributed by atoms with Crippen LogP contribution >= 0.6 is 0 Å². The monoisotopic (exact) mass is 235 g/mol. The fraction of sp³-hybridized carbons (Fsp3) is 0.500. The number of amides is 1. The van der Waals surface area contributed by atoms with Crippen LogP contribution in [0.25, 0.3) is 0 Å². The van der Waals surface area contributed by atoms with Crippen LogP contribution in [0.2, 0.25) is 0 Å². The molecule has 3 nitrogen and oxygen atoms in total. The molecule has 17 heavy (non-hydrogen) atoms. The van der Waals surface area contributed by atoms with Crippen molar-refractivity contribution in [2.24, 2.45) is 5.92 Å². The van der Waals surface area contributed by atoms with E-state index < -0.39 is 0 Å². The van der Waals surface area contributed by atoms with E-state index in [1.165, 1.54) is 11.1 Å². The molecule has 0 radical (unpaired) electrons. The minimum Gasteiger partial charge on any atom is -0.396 e. The van der Waals surface area contributed by atoms with E-state index in [0.29, 0.717) is 13.0 Å². The van der Waals surface area contributed by atoms with E-state index in [0.717, 1.165) is 6.42 Å². The lowest BCUT2D eigenvalue weighted by molar-refractivity contribution is -0.121. The molecule has 1 rings (SSSR count). The van der Waals surface area contributed by atoms with E-state index >= 15 is 0 Å². The van der Waals surface area contributed by atoms with Crippen LogP contribution in [0.3, 0.4) is 0 Å². The first-order valence-electron chi connectivity index (χ1n) is 6.05. The van der Waals surface area contributed by atoms with Gasteiger partial charge in [-0.05, 0) is 24.8 Å². The third kappa shape index (κ3) is 5.50. The number of nitrogens with one attached hydrogen (secondary N) is 1. The van der Waals surface area contributed by atoms with Gasteiger partial charge in [-0.3, -0.25) is 4.79 Å². The molecular weight excluding hydrogens is 214 g/mol. The molecule has 0 aromatic heterocycles. The smallest absolute Gasteiger partial charge is 0.220 e. The Labute approximate surface area is 103 Å². The molecule has 0 aliphatic heterocycles. The number of aryl methyl sites for hydroxylation is 2. The zero-order valence-corrected chi connectivity index (χ0v) is 10.6. The molecule has 2 N–H and O–H groups in total. The number of hydrogen-bond acceptors (Lipinski definition) is 2. The van der Waals surface area contributed by atoms with Gasteiger partial charge in [0, 0.05) is 19.6 Å². The molecule has 0 saturated heterocycles. The van der Waals surface area contributed by atoms with Gasteiger partial charge in [-0.15, -0.1) is 0 Å². The van der Waals surface area contributed by atoms with Gasteiger partial charge in [0.05, 0.1) is 0 Å². The predicted molar refractivity (Wildman–Crippen MR) is 68.8 cm³/mol. The maximum absolute atomic E-state index is 11.5.